The van der Waals surface area contributed by atoms with Crippen LogP contribution in [0.4, 0.5) is 0 Å². The lowest BCUT2D eigenvalue weighted by Crippen LogP contribution is -2.35. The maximum absolute atomic E-state index is 12.6. The van der Waals surface area contributed by atoms with Gasteiger partial charge >= 0.3 is 0 Å². The molecule has 1 N–H and O–H groups in total. The minimum atomic E-state index is -3.55. The largest absolute Gasteiger partial charge is 0.356 e. The Morgan fingerprint density at radius 1 is 1.43 bits per heavy atom. The molecule has 0 saturated carbocycles. The van der Waals surface area contributed by atoms with Crippen molar-refractivity contribution in [2.75, 3.05) is 19.6 Å². The SMILES string of the molecule is CCCNC(=O)C1CCN(S(=O)(=O)c2ccccc2Br)C1. The third-order valence-electron chi connectivity index (χ3n) is 3.53. The summed E-state index contributed by atoms with van der Waals surface area (Å²) >= 11 is 3.27. The molecule has 2 rings (SSSR count). The van der Waals surface area contributed by atoms with Crippen LogP contribution in [0, 0.1) is 5.92 Å². The molecule has 0 aromatic heterocycles. The molecule has 1 saturated heterocycles. The van der Waals surface area contributed by atoms with Crippen molar-refractivity contribution in [1.29, 1.82) is 0 Å². The molecule has 1 aliphatic rings. The summed E-state index contributed by atoms with van der Waals surface area (Å²) in [6.45, 7) is 3.25. The number of halogens is 1. The van der Waals surface area contributed by atoms with Crippen LogP contribution in [0.2, 0.25) is 0 Å². The molecule has 0 aliphatic carbocycles. The van der Waals surface area contributed by atoms with Gasteiger partial charge in [-0.05, 0) is 40.9 Å². The van der Waals surface area contributed by atoms with Gasteiger partial charge in [0.15, 0.2) is 0 Å². The Morgan fingerprint density at radius 3 is 2.81 bits per heavy atom. The van der Waals surface area contributed by atoms with Gasteiger partial charge in [0, 0.05) is 24.1 Å². The molecule has 1 atom stereocenters. The molecule has 1 aromatic rings. The second-order valence-corrected chi connectivity index (χ2v) is 7.83. The lowest BCUT2D eigenvalue weighted by atomic mass is 10.1. The number of hydrogen-bond donors (Lipinski definition) is 1. The summed E-state index contributed by atoms with van der Waals surface area (Å²) in [6, 6.07) is 6.74. The predicted octanol–water partition coefficient (Wildman–Crippen LogP) is 1.99. The molecule has 0 radical (unpaired) electrons. The third kappa shape index (κ3) is 3.64. The molecule has 1 aromatic carbocycles. The lowest BCUT2D eigenvalue weighted by molar-refractivity contribution is -0.124. The zero-order chi connectivity index (χ0) is 15.5. The first-order valence-corrected chi connectivity index (χ1v) is 9.22. The highest BCUT2D eigenvalue weighted by molar-refractivity contribution is 9.10. The molecule has 1 heterocycles. The zero-order valence-electron chi connectivity index (χ0n) is 11.9. The van der Waals surface area contributed by atoms with E-state index in [1.165, 1.54) is 4.31 Å². The Bertz CT molecular complexity index is 618. The maximum Gasteiger partial charge on any atom is 0.244 e. The summed E-state index contributed by atoms with van der Waals surface area (Å²) in [4.78, 5) is 12.2. The van der Waals surface area contributed by atoms with Crippen LogP contribution >= 0.6 is 15.9 Å². The molecule has 1 amide bonds. The number of hydrogen-bond acceptors (Lipinski definition) is 3. The van der Waals surface area contributed by atoms with E-state index in [9.17, 15) is 13.2 Å². The molecule has 1 unspecified atom stereocenters. The van der Waals surface area contributed by atoms with Crippen LogP contribution in [0.25, 0.3) is 0 Å². The van der Waals surface area contributed by atoms with E-state index in [2.05, 4.69) is 21.2 Å². The zero-order valence-corrected chi connectivity index (χ0v) is 14.3. The van der Waals surface area contributed by atoms with E-state index in [0.29, 0.717) is 24.0 Å². The molecule has 1 aliphatic heterocycles. The summed E-state index contributed by atoms with van der Waals surface area (Å²) in [5, 5.41) is 2.83. The lowest BCUT2D eigenvalue weighted by Gasteiger charge is -2.17. The number of nitrogens with zero attached hydrogens (tertiary/aromatic N) is 1. The number of rotatable bonds is 5. The first kappa shape index (κ1) is 16.5. The van der Waals surface area contributed by atoms with Crippen LogP contribution in [-0.4, -0.2) is 38.3 Å². The first-order valence-electron chi connectivity index (χ1n) is 6.99. The van der Waals surface area contributed by atoms with E-state index in [4.69, 9.17) is 0 Å². The van der Waals surface area contributed by atoms with E-state index in [1.54, 1.807) is 24.3 Å². The van der Waals surface area contributed by atoms with Crippen molar-refractivity contribution in [3.05, 3.63) is 28.7 Å². The number of carbonyl (C=O) groups is 1. The van der Waals surface area contributed by atoms with Crippen LogP contribution in [0.1, 0.15) is 19.8 Å². The highest BCUT2D eigenvalue weighted by Crippen LogP contribution is 2.28. The fourth-order valence-electron chi connectivity index (χ4n) is 2.35. The predicted molar refractivity (Wildman–Crippen MR) is 84.3 cm³/mol. The van der Waals surface area contributed by atoms with Gasteiger partial charge in [-0.15, -0.1) is 0 Å². The molecule has 0 bridgehead atoms. The second-order valence-electron chi connectivity index (χ2n) is 5.07. The van der Waals surface area contributed by atoms with Crippen molar-refractivity contribution in [3.63, 3.8) is 0 Å². The van der Waals surface area contributed by atoms with Gasteiger partial charge in [0.2, 0.25) is 15.9 Å². The smallest absolute Gasteiger partial charge is 0.244 e. The standard InChI is InChI=1S/C14H19BrN2O3S/c1-2-8-16-14(18)11-7-9-17(10-11)21(19,20)13-6-4-3-5-12(13)15/h3-6,11H,2,7-10H2,1H3,(H,16,18). The van der Waals surface area contributed by atoms with Crippen molar-refractivity contribution in [2.45, 2.75) is 24.7 Å². The minimum absolute atomic E-state index is 0.0540. The van der Waals surface area contributed by atoms with Gasteiger partial charge < -0.3 is 5.32 Å². The van der Waals surface area contributed by atoms with E-state index in [-0.39, 0.29) is 23.3 Å². The monoisotopic (exact) mass is 374 g/mol. The highest BCUT2D eigenvalue weighted by Gasteiger charge is 2.36. The van der Waals surface area contributed by atoms with Crippen LogP contribution in [0.15, 0.2) is 33.6 Å². The molecular weight excluding hydrogens is 356 g/mol. The third-order valence-corrected chi connectivity index (χ3v) is 6.40. The topological polar surface area (TPSA) is 66.5 Å². The average molecular weight is 375 g/mol. The van der Waals surface area contributed by atoms with Gasteiger partial charge in [-0.25, -0.2) is 8.42 Å². The van der Waals surface area contributed by atoms with E-state index >= 15 is 0 Å². The summed E-state index contributed by atoms with van der Waals surface area (Å²) in [7, 11) is -3.55. The minimum Gasteiger partial charge on any atom is -0.356 e. The summed E-state index contributed by atoms with van der Waals surface area (Å²) in [5.41, 5.74) is 0. The van der Waals surface area contributed by atoms with Gasteiger partial charge in [0.05, 0.1) is 10.8 Å². The van der Waals surface area contributed by atoms with Gasteiger partial charge in [0.25, 0.3) is 0 Å². The fourth-order valence-corrected chi connectivity index (χ4v) is 4.81. The van der Waals surface area contributed by atoms with Gasteiger partial charge in [-0.2, -0.15) is 4.31 Å². The molecule has 5 nitrogen and oxygen atoms in total. The van der Waals surface area contributed by atoms with Crippen molar-refractivity contribution >= 4 is 31.9 Å². The van der Waals surface area contributed by atoms with Gasteiger partial charge in [-0.3, -0.25) is 4.79 Å². The highest BCUT2D eigenvalue weighted by atomic mass is 79.9. The van der Waals surface area contributed by atoms with Crippen LogP contribution in [0.5, 0.6) is 0 Å². The molecule has 21 heavy (non-hydrogen) atoms. The van der Waals surface area contributed by atoms with Crippen LogP contribution in [-0.2, 0) is 14.8 Å². The average Bonchev–Trinajstić information content (AvgIpc) is 2.95. The van der Waals surface area contributed by atoms with E-state index in [0.717, 1.165) is 6.42 Å². The molecule has 116 valence electrons. The number of sulfonamides is 1. The van der Waals surface area contributed by atoms with E-state index < -0.39 is 10.0 Å². The summed E-state index contributed by atoms with van der Waals surface area (Å²) in [5.74, 6) is -0.310. The van der Waals surface area contributed by atoms with Gasteiger partial charge in [0.1, 0.15) is 0 Å². The molecule has 1 fully saturated rings. The van der Waals surface area contributed by atoms with Crippen molar-refractivity contribution < 1.29 is 13.2 Å². The Hall–Kier alpha value is -0.920. The number of nitrogens with one attached hydrogen (secondary N) is 1. The molecule has 0 spiro atoms. The van der Waals surface area contributed by atoms with Crippen molar-refractivity contribution in [3.8, 4) is 0 Å². The van der Waals surface area contributed by atoms with E-state index in [1.807, 2.05) is 6.92 Å². The van der Waals surface area contributed by atoms with Crippen LogP contribution < -0.4 is 5.32 Å². The fraction of sp³-hybridized carbons (Fsp3) is 0.500. The maximum atomic E-state index is 12.6. The van der Waals surface area contributed by atoms with Crippen molar-refractivity contribution in [2.24, 2.45) is 5.92 Å². The van der Waals surface area contributed by atoms with Crippen LogP contribution in [0.3, 0.4) is 0 Å². The number of benzene rings is 1. The Labute approximate surface area is 133 Å². The van der Waals surface area contributed by atoms with Crippen molar-refractivity contribution in [1.82, 2.24) is 9.62 Å². The molecule has 7 heteroatoms. The quantitative estimate of drug-likeness (QED) is 0.856. The summed E-state index contributed by atoms with van der Waals surface area (Å²) in [6.07, 6.45) is 1.44. The molecular formula is C14H19BrN2O3S. The Kier molecular flexibility index (Phi) is 5.40. The normalized spacial score (nSPS) is 19.6. The number of amides is 1. The second kappa shape index (κ2) is 6.89. The first-order chi connectivity index (χ1) is 9.96. The summed E-state index contributed by atoms with van der Waals surface area (Å²) < 4.78 is 27.1. The Balaban J connectivity index is 2.10. The Morgan fingerprint density at radius 2 is 2.14 bits per heavy atom. The van der Waals surface area contributed by atoms with Gasteiger partial charge in [-0.1, -0.05) is 19.1 Å². The number of carbonyl (C=O) groups excluding carboxylic acids is 1.